The minimum atomic E-state index is -0.301. The third kappa shape index (κ3) is 5.68. The van der Waals surface area contributed by atoms with E-state index in [0.29, 0.717) is 24.2 Å². The van der Waals surface area contributed by atoms with Crippen molar-refractivity contribution in [2.75, 3.05) is 39.5 Å². The Morgan fingerprint density at radius 2 is 1.97 bits per heavy atom. The molecule has 0 unspecified atom stereocenters. The summed E-state index contributed by atoms with van der Waals surface area (Å²) in [5, 5.41) is 2.88. The Bertz CT molecular complexity index is 1090. The van der Waals surface area contributed by atoms with Crippen LogP contribution in [0, 0.1) is 0 Å². The lowest BCUT2D eigenvalue weighted by molar-refractivity contribution is -0.121. The molecule has 0 spiro atoms. The van der Waals surface area contributed by atoms with Crippen LogP contribution in [-0.4, -0.2) is 59.8 Å². The van der Waals surface area contributed by atoms with E-state index in [1.807, 2.05) is 42.5 Å². The summed E-state index contributed by atoms with van der Waals surface area (Å²) < 4.78 is 12.7. The molecule has 0 atom stereocenters. The minimum absolute atomic E-state index is 0.0579. The number of rotatable bonds is 8. The Morgan fingerprint density at radius 3 is 2.84 bits per heavy atom. The van der Waals surface area contributed by atoms with Crippen LogP contribution in [0.25, 0.3) is 11.0 Å². The Hall–Kier alpha value is -3.23. The summed E-state index contributed by atoms with van der Waals surface area (Å²) in [5.74, 6) is 0.536. The molecule has 0 bridgehead atoms. The number of hydrogen-bond acceptors (Lipinski definition) is 6. The maximum absolute atomic E-state index is 12.5. The summed E-state index contributed by atoms with van der Waals surface area (Å²) in [5.41, 5.74) is 1.95. The third-order valence-electron chi connectivity index (χ3n) is 5.22. The van der Waals surface area contributed by atoms with Gasteiger partial charge in [0.15, 0.2) is 0 Å². The Morgan fingerprint density at radius 1 is 1.13 bits per heavy atom. The van der Waals surface area contributed by atoms with E-state index in [4.69, 9.17) is 9.47 Å². The van der Waals surface area contributed by atoms with Crippen molar-refractivity contribution in [3.8, 4) is 5.75 Å². The largest absolute Gasteiger partial charge is 0.492 e. The zero-order valence-electron chi connectivity index (χ0n) is 17.3. The molecular weight excluding hydrogens is 396 g/mol. The van der Waals surface area contributed by atoms with Gasteiger partial charge in [0.2, 0.25) is 5.91 Å². The van der Waals surface area contributed by atoms with Crippen LogP contribution >= 0.6 is 0 Å². The number of benzene rings is 2. The van der Waals surface area contributed by atoms with Gasteiger partial charge in [0.1, 0.15) is 18.9 Å². The monoisotopic (exact) mass is 422 g/mol. The SMILES string of the molecule is O=C(Cn1c(=O)cnc2ccccc21)NCc1cccc(OCCN2CCOCC2)c1. The fraction of sp³-hybridized carbons (Fsp3) is 0.348. The van der Waals surface area contributed by atoms with Crippen LogP contribution in [0.4, 0.5) is 0 Å². The Labute approximate surface area is 180 Å². The molecule has 1 aromatic heterocycles. The standard InChI is InChI=1S/C23H26N4O4/c28-22(17-27-21-7-2-1-6-20(21)24-16-23(27)29)25-15-18-4-3-5-19(14-18)31-13-10-26-8-11-30-12-9-26/h1-7,14,16H,8-13,15,17H2,(H,25,28). The van der Waals surface area contributed by atoms with Gasteiger partial charge in [-0.05, 0) is 29.8 Å². The van der Waals surface area contributed by atoms with Gasteiger partial charge in [-0.2, -0.15) is 0 Å². The van der Waals surface area contributed by atoms with Gasteiger partial charge in [-0.1, -0.05) is 24.3 Å². The molecule has 0 saturated carbocycles. The zero-order chi connectivity index (χ0) is 21.5. The van der Waals surface area contributed by atoms with Crippen molar-refractivity contribution in [3.05, 3.63) is 70.6 Å². The first kappa shape index (κ1) is 21.0. The average molecular weight is 422 g/mol. The van der Waals surface area contributed by atoms with E-state index in [2.05, 4.69) is 15.2 Å². The minimum Gasteiger partial charge on any atom is -0.492 e. The third-order valence-corrected chi connectivity index (χ3v) is 5.22. The predicted octanol–water partition coefficient (Wildman–Crippen LogP) is 1.42. The van der Waals surface area contributed by atoms with Crippen molar-refractivity contribution in [1.82, 2.24) is 19.8 Å². The molecule has 4 rings (SSSR count). The van der Waals surface area contributed by atoms with E-state index in [1.54, 1.807) is 6.07 Å². The number of nitrogens with one attached hydrogen (secondary N) is 1. The molecule has 1 saturated heterocycles. The molecule has 31 heavy (non-hydrogen) atoms. The van der Waals surface area contributed by atoms with Gasteiger partial charge < -0.3 is 14.8 Å². The first-order valence-electron chi connectivity index (χ1n) is 10.4. The maximum atomic E-state index is 12.5. The fourth-order valence-electron chi connectivity index (χ4n) is 3.54. The quantitative estimate of drug-likeness (QED) is 0.591. The molecule has 8 heteroatoms. The highest BCUT2D eigenvalue weighted by Gasteiger charge is 2.11. The molecule has 3 aromatic rings. The highest BCUT2D eigenvalue weighted by molar-refractivity contribution is 5.79. The molecule has 2 heterocycles. The topological polar surface area (TPSA) is 85.7 Å². The number of ether oxygens (including phenoxy) is 2. The first-order chi connectivity index (χ1) is 15.2. The Balaban J connectivity index is 1.30. The molecule has 1 amide bonds. The van der Waals surface area contributed by atoms with Crippen LogP contribution in [0.5, 0.6) is 5.75 Å². The molecule has 162 valence electrons. The number of aromatic nitrogens is 2. The van der Waals surface area contributed by atoms with E-state index >= 15 is 0 Å². The molecule has 1 aliphatic heterocycles. The van der Waals surface area contributed by atoms with Crippen LogP contribution in [0.1, 0.15) is 5.56 Å². The Kier molecular flexibility index (Phi) is 6.91. The molecule has 1 N–H and O–H groups in total. The molecule has 8 nitrogen and oxygen atoms in total. The summed E-state index contributed by atoms with van der Waals surface area (Å²) in [6, 6.07) is 14.9. The highest BCUT2D eigenvalue weighted by atomic mass is 16.5. The van der Waals surface area contributed by atoms with Gasteiger partial charge in [-0.15, -0.1) is 0 Å². The van der Waals surface area contributed by atoms with Crippen LogP contribution in [0.2, 0.25) is 0 Å². The van der Waals surface area contributed by atoms with Crippen molar-refractivity contribution in [1.29, 1.82) is 0 Å². The van der Waals surface area contributed by atoms with Crippen molar-refractivity contribution in [3.63, 3.8) is 0 Å². The number of amides is 1. The number of carbonyl (C=O) groups is 1. The number of morpholine rings is 1. The van der Waals surface area contributed by atoms with E-state index in [1.165, 1.54) is 10.8 Å². The van der Waals surface area contributed by atoms with Crippen LogP contribution in [-0.2, 0) is 22.6 Å². The zero-order valence-corrected chi connectivity index (χ0v) is 17.3. The van der Waals surface area contributed by atoms with Gasteiger partial charge in [-0.25, -0.2) is 4.98 Å². The predicted molar refractivity (Wildman–Crippen MR) is 117 cm³/mol. The lowest BCUT2D eigenvalue weighted by Gasteiger charge is -2.26. The van der Waals surface area contributed by atoms with Gasteiger partial charge >= 0.3 is 0 Å². The van der Waals surface area contributed by atoms with Crippen LogP contribution in [0.15, 0.2) is 59.5 Å². The molecule has 1 aliphatic rings. The van der Waals surface area contributed by atoms with Gasteiger partial charge in [0, 0.05) is 26.2 Å². The first-order valence-corrected chi connectivity index (χ1v) is 10.4. The van der Waals surface area contributed by atoms with Crippen molar-refractivity contribution >= 4 is 16.9 Å². The normalized spacial score (nSPS) is 14.5. The summed E-state index contributed by atoms with van der Waals surface area (Å²) in [6.07, 6.45) is 1.24. The summed E-state index contributed by atoms with van der Waals surface area (Å²) in [6.45, 7) is 5.19. The summed E-state index contributed by atoms with van der Waals surface area (Å²) in [7, 11) is 0. The number of carbonyl (C=O) groups excluding carboxylic acids is 1. The molecule has 0 radical (unpaired) electrons. The number of nitrogens with zero attached hydrogens (tertiary/aromatic N) is 3. The van der Waals surface area contributed by atoms with Gasteiger partial charge in [0.25, 0.3) is 5.56 Å². The summed E-state index contributed by atoms with van der Waals surface area (Å²) >= 11 is 0. The van der Waals surface area contributed by atoms with Gasteiger partial charge in [0.05, 0.1) is 30.4 Å². The lowest BCUT2D eigenvalue weighted by atomic mass is 10.2. The highest BCUT2D eigenvalue weighted by Crippen LogP contribution is 2.14. The maximum Gasteiger partial charge on any atom is 0.269 e. The summed E-state index contributed by atoms with van der Waals surface area (Å²) in [4.78, 5) is 31.1. The lowest BCUT2D eigenvalue weighted by Crippen LogP contribution is -2.38. The molecule has 2 aromatic carbocycles. The van der Waals surface area contributed by atoms with E-state index in [9.17, 15) is 9.59 Å². The second-order valence-electron chi connectivity index (χ2n) is 7.40. The molecular formula is C23H26N4O4. The van der Waals surface area contributed by atoms with Crippen LogP contribution < -0.4 is 15.6 Å². The molecule has 1 fully saturated rings. The second kappa shape index (κ2) is 10.2. The van der Waals surface area contributed by atoms with Crippen molar-refractivity contribution in [2.45, 2.75) is 13.1 Å². The van der Waals surface area contributed by atoms with E-state index < -0.39 is 0 Å². The fourth-order valence-corrected chi connectivity index (χ4v) is 3.54. The van der Waals surface area contributed by atoms with Crippen LogP contribution in [0.3, 0.4) is 0 Å². The van der Waals surface area contributed by atoms with Crippen molar-refractivity contribution < 1.29 is 14.3 Å². The number of fused-ring (bicyclic) bond motifs is 1. The van der Waals surface area contributed by atoms with E-state index in [-0.39, 0.29) is 18.0 Å². The molecule has 0 aliphatic carbocycles. The second-order valence-corrected chi connectivity index (χ2v) is 7.40. The van der Waals surface area contributed by atoms with Crippen molar-refractivity contribution in [2.24, 2.45) is 0 Å². The van der Waals surface area contributed by atoms with Gasteiger partial charge in [-0.3, -0.25) is 19.1 Å². The van der Waals surface area contributed by atoms with E-state index in [0.717, 1.165) is 44.2 Å². The average Bonchev–Trinajstić information content (AvgIpc) is 2.81. The smallest absolute Gasteiger partial charge is 0.269 e. The number of hydrogen-bond donors (Lipinski definition) is 1. The number of para-hydroxylation sites is 2.